The summed E-state index contributed by atoms with van der Waals surface area (Å²) < 4.78 is 71.5. The quantitative estimate of drug-likeness (QED) is 0.0911. The molecule has 0 saturated carbocycles. The molecular formula is C60H43Cl3F5N13O5. The molecule has 0 unspecified atom stereocenters. The maximum Gasteiger partial charge on any atom is 0.267 e. The summed E-state index contributed by atoms with van der Waals surface area (Å²) in [5.41, 5.74) is 13.0. The van der Waals surface area contributed by atoms with Crippen molar-refractivity contribution in [1.82, 2.24) is 54.7 Å². The summed E-state index contributed by atoms with van der Waals surface area (Å²) >= 11 is 16.0. The van der Waals surface area contributed by atoms with Crippen LogP contribution in [0, 0.1) is 34.6 Å². The molecule has 18 nitrogen and oxygen atoms in total. The van der Waals surface area contributed by atoms with Crippen LogP contribution in [0.25, 0.3) is 11.1 Å². The van der Waals surface area contributed by atoms with Crippen molar-refractivity contribution in [2.75, 3.05) is 7.15 Å². The van der Waals surface area contributed by atoms with Gasteiger partial charge in [0.15, 0.2) is 23.3 Å². The second kappa shape index (κ2) is 28.4. The van der Waals surface area contributed by atoms with Gasteiger partial charge in [-0.2, -0.15) is 20.2 Å². The Balaban J connectivity index is 0.000000190. The zero-order valence-corrected chi connectivity index (χ0v) is 46.7. The number of rotatable bonds is 13. The fourth-order valence-corrected chi connectivity index (χ4v) is 9.49. The zero-order chi connectivity index (χ0) is 62.3. The molecule has 4 N–H and O–H groups in total. The number of amides is 3. The van der Waals surface area contributed by atoms with Crippen LogP contribution in [0.2, 0.25) is 15.9 Å². The molecule has 2 aromatic carbocycles. The van der Waals surface area contributed by atoms with E-state index in [4.69, 9.17) is 41.9 Å². The van der Waals surface area contributed by atoms with E-state index in [9.17, 15) is 51.2 Å². The third kappa shape index (κ3) is 15.3. The fraction of sp³-hybridized carbons (Fsp3) is 0.117. The molecule has 26 heteroatoms. The highest BCUT2D eigenvalue weighted by Gasteiger charge is 2.22. The molecule has 7 heterocycles. The van der Waals surface area contributed by atoms with Crippen LogP contribution in [0.3, 0.4) is 0 Å². The number of nitrogens with zero attached hydrogens (tertiary/aromatic N) is 10. The average molecular weight is 1230 g/mol. The van der Waals surface area contributed by atoms with Crippen LogP contribution in [-0.4, -0.2) is 68.9 Å². The molecule has 9 aromatic rings. The summed E-state index contributed by atoms with van der Waals surface area (Å²) in [6.07, 6.45) is 11.7. The molecular weight excluding hydrogens is 1180 g/mol. The summed E-state index contributed by atoms with van der Waals surface area (Å²) in [7, 11) is -1.00. The number of pyridine rings is 6. The van der Waals surface area contributed by atoms with E-state index < -0.39 is 59.3 Å². The normalized spacial score (nSPS) is 11.7. The summed E-state index contributed by atoms with van der Waals surface area (Å²) in [4.78, 5) is 91.2. The number of nitrogens with one attached hydrogen (secondary N) is 2. The third-order valence-corrected chi connectivity index (χ3v) is 13.2. The maximum absolute atomic E-state index is 13.6. The van der Waals surface area contributed by atoms with Gasteiger partial charge in [-0.25, -0.2) is 27.5 Å². The van der Waals surface area contributed by atoms with Crippen LogP contribution in [-0.2, 0) is 39.0 Å². The third-order valence-electron chi connectivity index (χ3n) is 12.7. The monoisotopic (exact) mass is 1230 g/mol. The standard InChI is InChI=1S/C28H21F2N5O3.C28H19F2N5O2.C3Cl3N3.CH3F/c29-22-7-5-16(11-23(22)30)15-35-10-2-4-21(28(35)38)27(37)33-14-18-12-17(13-25(34-18)26(31)36)19-6-8-24-20(19)3-1-9-32-24;29-24-7-5-17(11-25(24)30)16-35-10-2-4-23(28(35)37)27(36)33-15-20-13-18(12-19(14-31)34-20)21-6-8-26-22(21)3-1-9-32-26;4-1-7-2(5)9-3(6)8-1;1-2/h1-7,9-13H,8,14-15H2,(H2,31,36)(H,33,37);1-7,9-13H,8,15-16H2,(H,33,36);;1H3/i;;;1D. The first kappa shape index (κ1) is 60.4. The van der Waals surface area contributed by atoms with Gasteiger partial charge < -0.3 is 25.5 Å². The first-order valence-corrected chi connectivity index (χ1v) is 26.4. The summed E-state index contributed by atoms with van der Waals surface area (Å²) in [6.45, 7) is -0.157. The molecule has 434 valence electrons. The molecule has 0 atom stereocenters. The van der Waals surface area contributed by atoms with E-state index in [1.54, 1.807) is 36.7 Å². The molecule has 0 spiro atoms. The molecule has 11 rings (SSSR count). The Kier molecular flexibility index (Phi) is 20.0. The minimum absolute atomic E-state index is 0.000000000000000444. The van der Waals surface area contributed by atoms with E-state index in [2.05, 4.69) is 51.6 Å². The Bertz CT molecular complexity index is 4310. The van der Waals surface area contributed by atoms with Crippen molar-refractivity contribution >= 4 is 63.7 Å². The maximum atomic E-state index is 13.6. The van der Waals surface area contributed by atoms with Crippen molar-refractivity contribution in [2.24, 2.45) is 5.73 Å². The largest absolute Gasteiger partial charge is 0.364 e. The van der Waals surface area contributed by atoms with E-state index in [0.717, 1.165) is 63.5 Å². The fourth-order valence-electron chi connectivity index (χ4n) is 8.88. The van der Waals surface area contributed by atoms with Crippen molar-refractivity contribution in [3.8, 4) is 6.07 Å². The lowest BCUT2D eigenvalue weighted by atomic mass is 10.00. The summed E-state index contributed by atoms with van der Waals surface area (Å²) in [5.74, 6) is -6.00. The summed E-state index contributed by atoms with van der Waals surface area (Å²) in [6, 6.07) is 29.0. The van der Waals surface area contributed by atoms with Gasteiger partial charge in [-0.1, -0.05) is 36.4 Å². The Morgan fingerprint density at radius 2 is 1.06 bits per heavy atom. The van der Waals surface area contributed by atoms with Crippen LogP contribution in [0.1, 0.15) is 94.4 Å². The molecule has 7 aromatic heterocycles. The minimum atomic E-state index is -1.03. The van der Waals surface area contributed by atoms with E-state index in [1.807, 2.05) is 36.4 Å². The molecule has 0 saturated heterocycles. The highest BCUT2D eigenvalue weighted by molar-refractivity contribution is 6.33. The van der Waals surface area contributed by atoms with E-state index in [1.165, 1.54) is 57.9 Å². The van der Waals surface area contributed by atoms with Crippen molar-refractivity contribution in [3.63, 3.8) is 0 Å². The molecule has 0 radical (unpaired) electrons. The first-order valence-electron chi connectivity index (χ1n) is 26.0. The van der Waals surface area contributed by atoms with E-state index >= 15 is 0 Å². The molecule has 0 bridgehead atoms. The lowest BCUT2D eigenvalue weighted by Gasteiger charge is -2.11. The van der Waals surface area contributed by atoms with Gasteiger partial charge in [-0.15, -0.1) is 0 Å². The second-order valence-electron chi connectivity index (χ2n) is 18.3. The van der Waals surface area contributed by atoms with Crippen molar-refractivity contribution in [2.45, 2.75) is 39.0 Å². The average Bonchev–Trinajstić information content (AvgIpc) is 2.50. The number of aromatic nitrogens is 9. The number of primary amides is 1. The topological polar surface area (TPSA) is 259 Å². The number of allylic oxidation sites excluding steroid dienone is 2. The van der Waals surface area contributed by atoms with Crippen molar-refractivity contribution in [1.29, 1.82) is 5.26 Å². The Morgan fingerprint density at radius 3 is 1.49 bits per heavy atom. The number of benzene rings is 2. The Morgan fingerprint density at radius 1 is 0.616 bits per heavy atom. The van der Waals surface area contributed by atoms with Gasteiger partial charge in [-0.05, 0) is 153 Å². The van der Waals surface area contributed by atoms with Crippen LogP contribution < -0.4 is 27.5 Å². The highest BCUT2D eigenvalue weighted by atomic mass is 35.5. The SMILES string of the molecule is Clc1nc(Cl)nc(Cl)n1.N#Cc1cc(C2=CCc3ncccc32)cc(CNC(=O)c2cccn(Cc3ccc(F)c(F)c3)c2=O)n1.NC(=O)c1cc(C2=CCc3ncccc32)cc(CNC(=O)c2cccn(Cc3ccc(F)c(F)c3)c2=O)n1.[2H]CF. The summed E-state index contributed by atoms with van der Waals surface area (Å²) in [5, 5.41) is 14.8. The van der Waals surface area contributed by atoms with Gasteiger partial charge >= 0.3 is 0 Å². The van der Waals surface area contributed by atoms with Crippen molar-refractivity contribution < 1.29 is 37.7 Å². The molecule has 0 fully saturated rings. The highest BCUT2D eigenvalue weighted by Crippen LogP contribution is 2.33. The predicted octanol–water partition coefficient (Wildman–Crippen LogP) is 9.15. The smallest absolute Gasteiger partial charge is 0.267 e. The lowest BCUT2D eigenvalue weighted by molar-refractivity contribution is 0.0940. The minimum Gasteiger partial charge on any atom is -0.364 e. The number of halogens is 8. The molecule has 2 aliphatic carbocycles. The van der Waals surface area contributed by atoms with E-state index in [0.29, 0.717) is 40.9 Å². The number of hydrogen-bond acceptors (Lipinski definition) is 13. The van der Waals surface area contributed by atoms with Gasteiger partial charge in [-0.3, -0.25) is 38.3 Å². The van der Waals surface area contributed by atoms with Crippen LogP contribution in [0.15, 0.2) is 156 Å². The van der Waals surface area contributed by atoms with Gasteiger partial charge in [0, 0.05) is 48.8 Å². The number of nitriles is 1. The lowest BCUT2D eigenvalue weighted by Crippen LogP contribution is -2.33. The van der Waals surface area contributed by atoms with Crippen molar-refractivity contribution in [3.05, 3.63) is 285 Å². The van der Waals surface area contributed by atoms with Gasteiger partial charge in [0.25, 0.3) is 28.8 Å². The molecule has 86 heavy (non-hydrogen) atoms. The molecule has 3 amide bonds. The van der Waals surface area contributed by atoms with E-state index in [-0.39, 0.29) is 64.5 Å². The Labute approximate surface area is 501 Å². The van der Waals surface area contributed by atoms with Crippen LogP contribution >= 0.6 is 34.8 Å². The van der Waals surface area contributed by atoms with Crippen LogP contribution in [0.4, 0.5) is 22.0 Å². The van der Waals surface area contributed by atoms with Gasteiger partial charge in [0.2, 0.25) is 15.9 Å². The number of nitrogens with two attached hydrogens (primary N) is 1. The second-order valence-corrected chi connectivity index (χ2v) is 19.3. The predicted molar refractivity (Wildman–Crippen MR) is 308 cm³/mol. The Hall–Kier alpha value is -10.2. The molecule has 2 aliphatic rings. The van der Waals surface area contributed by atoms with Gasteiger partial charge in [0.1, 0.15) is 28.6 Å². The number of carbonyl (C=O) groups excluding carboxylic acids is 3. The number of alkyl halides is 1. The number of fused-ring (bicyclic) bond motifs is 2. The first-order chi connectivity index (χ1) is 41.8. The number of carbonyl (C=O) groups is 3. The number of hydrogen-bond donors (Lipinski definition) is 3. The van der Waals surface area contributed by atoms with Gasteiger partial charge in [0.05, 0.1) is 57.5 Å². The zero-order valence-electron chi connectivity index (χ0n) is 45.4. The molecule has 0 aliphatic heterocycles. The van der Waals surface area contributed by atoms with Crippen LogP contribution in [0.5, 0.6) is 0 Å².